The predicted molar refractivity (Wildman–Crippen MR) is 119 cm³/mol. The number of carbonyl (C=O) groups is 1. The molecule has 162 valence electrons. The minimum atomic E-state index is -3.25. The molecule has 0 saturated carbocycles. The Bertz CT molecular complexity index is 1270. The second kappa shape index (κ2) is 8.37. The van der Waals surface area contributed by atoms with Gasteiger partial charge in [-0.3, -0.25) is 14.5 Å². The number of pyridine rings is 1. The lowest BCUT2D eigenvalue weighted by atomic mass is 10.1. The number of anilines is 1. The smallest absolute Gasteiger partial charge is 0.250 e. The van der Waals surface area contributed by atoms with Gasteiger partial charge in [-0.15, -0.1) is 11.3 Å². The average Bonchev–Trinajstić information content (AvgIpc) is 3.22. The molecule has 1 aliphatic rings. The molecule has 0 unspecified atom stereocenters. The molecule has 1 amide bonds. The highest BCUT2D eigenvalue weighted by atomic mass is 32.2. The highest BCUT2D eigenvalue weighted by Gasteiger charge is 2.24. The van der Waals surface area contributed by atoms with Crippen molar-refractivity contribution in [3.63, 3.8) is 0 Å². The molecule has 0 saturated heterocycles. The number of thiazole rings is 1. The van der Waals surface area contributed by atoms with Gasteiger partial charge < -0.3 is 9.88 Å². The maximum atomic E-state index is 12.4. The molecular formula is C21H22N4O4S2. The second-order valence-electron chi connectivity index (χ2n) is 7.66. The van der Waals surface area contributed by atoms with E-state index < -0.39 is 9.84 Å². The number of aryl methyl sites for hydroxylation is 1. The summed E-state index contributed by atoms with van der Waals surface area (Å²) < 4.78 is 24.6. The Hall–Kier alpha value is -2.82. The number of fused-ring (bicyclic) bond motifs is 1. The van der Waals surface area contributed by atoms with Gasteiger partial charge in [0.1, 0.15) is 0 Å². The van der Waals surface area contributed by atoms with E-state index in [4.69, 9.17) is 0 Å². The van der Waals surface area contributed by atoms with Crippen LogP contribution in [0.2, 0.25) is 0 Å². The van der Waals surface area contributed by atoms with Crippen LogP contribution in [0.1, 0.15) is 21.7 Å². The van der Waals surface area contributed by atoms with Crippen LogP contribution in [-0.4, -0.2) is 35.0 Å². The van der Waals surface area contributed by atoms with E-state index in [1.165, 1.54) is 23.5 Å². The highest BCUT2D eigenvalue weighted by Crippen LogP contribution is 2.31. The number of rotatable bonds is 6. The van der Waals surface area contributed by atoms with Crippen molar-refractivity contribution in [1.29, 1.82) is 0 Å². The summed E-state index contributed by atoms with van der Waals surface area (Å²) in [6, 6.07) is 9.89. The minimum Gasteiger partial charge on any atom is -0.319 e. The number of aromatic nitrogens is 2. The molecular weight excluding hydrogens is 436 g/mol. The van der Waals surface area contributed by atoms with Gasteiger partial charge in [0.25, 0.3) is 5.56 Å². The SMILES string of the molecule is Cn1ccc(CN2Cc3nc(NC(=O)Cc4ccc(S(C)(=O)=O)cc4)sc3C2)cc1=O. The first-order valence-corrected chi connectivity index (χ1v) is 12.3. The summed E-state index contributed by atoms with van der Waals surface area (Å²) in [6.07, 6.45) is 3.06. The third-order valence-corrected chi connectivity index (χ3v) is 7.18. The van der Waals surface area contributed by atoms with Crippen molar-refractivity contribution in [2.45, 2.75) is 31.0 Å². The quantitative estimate of drug-likeness (QED) is 0.606. The van der Waals surface area contributed by atoms with Gasteiger partial charge in [-0.1, -0.05) is 12.1 Å². The largest absolute Gasteiger partial charge is 0.319 e. The van der Waals surface area contributed by atoms with E-state index in [0.717, 1.165) is 34.5 Å². The van der Waals surface area contributed by atoms with Crippen LogP contribution in [0.4, 0.5) is 5.13 Å². The van der Waals surface area contributed by atoms with Gasteiger partial charge in [0, 0.05) is 50.1 Å². The van der Waals surface area contributed by atoms with Gasteiger partial charge >= 0.3 is 0 Å². The summed E-state index contributed by atoms with van der Waals surface area (Å²) in [5, 5.41) is 3.40. The van der Waals surface area contributed by atoms with Gasteiger partial charge in [0.15, 0.2) is 15.0 Å². The zero-order valence-electron chi connectivity index (χ0n) is 17.2. The van der Waals surface area contributed by atoms with Gasteiger partial charge in [-0.25, -0.2) is 13.4 Å². The molecule has 3 heterocycles. The van der Waals surface area contributed by atoms with E-state index in [1.54, 1.807) is 36.0 Å². The standard InChI is InChI=1S/C21H22N4O4S2/c1-24-8-7-15(10-20(24)27)11-25-12-17-18(13-25)30-21(22-17)23-19(26)9-14-3-5-16(6-4-14)31(2,28)29/h3-8,10H,9,11-13H2,1-2H3,(H,22,23,26). The molecule has 31 heavy (non-hydrogen) atoms. The Kier molecular flexibility index (Phi) is 5.78. The summed E-state index contributed by atoms with van der Waals surface area (Å²) in [5.41, 5.74) is 2.62. The molecule has 8 nitrogen and oxygen atoms in total. The number of benzene rings is 1. The second-order valence-corrected chi connectivity index (χ2v) is 10.8. The Morgan fingerprint density at radius 2 is 1.90 bits per heavy atom. The van der Waals surface area contributed by atoms with Crippen LogP contribution < -0.4 is 10.9 Å². The van der Waals surface area contributed by atoms with Crippen molar-refractivity contribution in [2.75, 3.05) is 11.6 Å². The van der Waals surface area contributed by atoms with Crippen molar-refractivity contribution in [2.24, 2.45) is 7.05 Å². The van der Waals surface area contributed by atoms with Crippen LogP contribution in [0.3, 0.4) is 0 Å². The number of sulfone groups is 1. The molecule has 4 rings (SSSR count). The number of amides is 1. The molecule has 1 aliphatic heterocycles. The van der Waals surface area contributed by atoms with Gasteiger partial charge in [0.05, 0.1) is 17.0 Å². The van der Waals surface area contributed by atoms with Crippen LogP contribution in [0.15, 0.2) is 52.3 Å². The molecule has 0 atom stereocenters. The van der Waals surface area contributed by atoms with Crippen molar-refractivity contribution < 1.29 is 13.2 Å². The monoisotopic (exact) mass is 458 g/mol. The molecule has 0 aliphatic carbocycles. The first-order chi connectivity index (χ1) is 14.7. The van der Waals surface area contributed by atoms with E-state index in [0.29, 0.717) is 18.2 Å². The lowest BCUT2D eigenvalue weighted by molar-refractivity contribution is -0.115. The fourth-order valence-corrected chi connectivity index (χ4v) is 5.08. The molecule has 0 fully saturated rings. The molecule has 0 bridgehead atoms. The summed E-state index contributed by atoms with van der Waals surface area (Å²) in [5.74, 6) is -0.198. The third-order valence-electron chi connectivity index (χ3n) is 5.06. The van der Waals surface area contributed by atoms with Crippen LogP contribution in [0.5, 0.6) is 0 Å². The van der Waals surface area contributed by atoms with E-state index in [2.05, 4.69) is 15.2 Å². The maximum Gasteiger partial charge on any atom is 0.250 e. The van der Waals surface area contributed by atoms with E-state index in [9.17, 15) is 18.0 Å². The fraction of sp³-hybridized carbons (Fsp3) is 0.286. The molecule has 0 radical (unpaired) electrons. The fourth-order valence-electron chi connectivity index (χ4n) is 3.42. The number of nitrogens with one attached hydrogen (secondary N) is 1. The number of hydrogen-bond donors (Lipinski definition) is 1. The van der Waals surface area contributed by atoms with Crippen LogP contribution in [0, 0.1) is 0 Å². The zero-order chi connectivity index (χ0) is 22.2. The first kappa shape index (κ1) is 21.4. The number of carbonyl (C=O) groups excluding carboxylic acids is 1. The minimum absolute atomic E-state index is 0.0273. The molecule has 0 spiro atoms. The molecule has 3 aromatic rings. The summed E-state index contributed by atoms with van der Waals surface area (Å²) in [7, 11) is -1.53. The van der Waals surface area contributed by atoms with Crippen LogP contribution in [-0.2, 0) is 47.7 Å². The summed E-state index contributed by atoms with van der Waals surface area (Å²) in [4.78, 5) is 32.2. The Morgan fingerprint density at radius 1 is 1.16 bits per heavy atom. The first-order valence-electron chi connectivity index (χ1n) is 9.63. The van der Waals surface area contributed by atoms with E-state index in [1.807, 2.05) is 6.07 Å². The van der Waals surface area contributed by atoms with Crippen molar-refractivity contribution in [3.8, 4) is 0 Å². The van der Waals surface area contributed by atoms with Crippen LogP contribution in [0.25, 0.3) is 0 Å². The van der Waals surface area contributed by atoms with Crippen LogP contribution >= 0.6 is 11.3 Å². The Morgan fingerprint density at radius 3 is 2.55 bits per heavy atom. The van der Waals surface area contributed by atoms with Gasteiger partial charge in [-0.05, 0) is 29.3 Å². The maximum absolute atomic E-state index is 12.4. The number of hydrogen-bond acceptors (Lipinski definition) is 7. The summed E-state index contributed by atoms with van der Waals surface area (Å²) >= 11 is 1.46. The third kappa shape index (κ3) is 5.09. The van der Waals surface area contributed by atoms with E-state index >= 15 is 0 Å². The Balaban J connectivity index is 1.33. The predicted octanol–water partition coefficient (Wildman–Crippen LogP) is 1.94. The molecule has 1 aromatic carbocycles. The molecule has 10 heteroatoms. The lowest BCUT2D eigenvalue weighted by Gasteiger charge is -2.14. The number of nitrogens with zero attached hydrogens (tertiary/aromatic N) is 3. The zero-order valence-corrected chi connectivity index (χ0v) is 18.8. The van der Waals surface area contributed by atoms with Gasteiger partial charge in [-0.2, -0.15) is 0 Å². The topological polar surface area (TPSA) is 101 Å². The Labute approximate surface area is 184 Å². The summed E-state index contributed by atoms with van der Waals surface area (Å²) in [6.45, 7) is 2.07. The van der Waals surface area contributed by atoms with Crippen molar-refractivity contribution in [3.05, 3.63) is 74.6 Å². The normalized spacial score (nSPS) is 13.9. The highest BCUT2D eigenvalue weighted by molar-refractivity contribution is 7.90. The van der Waals surface area contributed by atoms with E-state index in [-0.39, 0.29) is 22.8 Å². The van der Waals surface area contributed by atoms with Gasteiger partial charge in [0.2, 0.25) is 5.91 Å². The average molecular weight is 459 g/mol. The van der Waals surface area contributed by atoms with Crippen molar-refractivity contribution >= 4 is 32.2 Å². The van der Waals surface area contributed by atoms with Crippen molar-refractivity contribution in [1.82, 2.24) is 14.5 Å². The molecule has 2 aromatic heterocycles. The molecule has 1 N–H and O–H groups in total. The lowest BCUT2D eigenvalue weighted by Crippen LogP contribution is -2.20.